The highest BCUT2D eigenvalue weighted by Crippen LogP contribution is 2.20. The monoisotopic (exact) mass is 225 g/mol. The van der Waals surface area contributed by atoms with Crippen molar-refractivity contribution in [3.05, 3.63) is 16.7 Å². The predicted molar refractivity (Wildman–Crippen MR) is 60.8 cm³/mol. The summed E-state index contributed by atoms with van der Waals surface area (Å²) in [5.41, 5.74) is 0.967. The van der Waals surface area contributed by atoms with Gasteiger partial charge in [0.15, 0.2) is 0 Å². The van der Waals surface area contributed by atoms with E-state index in [9.17, 15) is 0 Å². The van der Waals surface area contributed by atoms with Gasteiger partial charge >= 0.3 is 0 Å². The van der Waals surface area contributed by atoms with Crippen molar-refractivity contribution in [2.24, 2.45) is 0 Å². The van der Waals surface area contributed by atoms with Gasteiger partial charge in [-0.2, -0.15) is 5.26 Å². The molecule has 1 rings (SSSR count). The summed E-state index contributed by atoms with van der Waals surface area (Å²) in [7, 11) is 0. The summed E-state index contributed by atoms with van der Waals surface area (Å²) in [6.07, 6.45) is 3.28. The van der Waals surface area contributed by atoms with E-state index in [1.54, 1.807) is 0 Å². The Morgan fingerprint density at radius 3 is 2.73 bits per heavy atom. The number of halogens is 1. The van der Waals surface area contributed by atoms with Crippen molar-refractivity contribution < 1.29 is 0 Å². The lowest BCUT2D eigenvalue weighted by Crippen LogP contribution is -2.02. The maximum atomic E-state index is 8.57. The van der Waals surface area contributed by atoms with Crippen molar-refractivity contribution in [2.45, 2.75) is 46.1 Å². The SMILES string of the molecule is CCCc1nc(CC)n(CCC#N)c1Cl. The molecule has 0 fully saturated rings. The fraction of sp³-hybridized carbons (Fsp3) is 0.636. The lowest BCUT2D eigenvalue weighted by molar-refractivity contribution is 0.671. The molecule has 0 amide bonds. The first-order valence-electron chi connectivity index (χ1n) is 5.35. The lowest BCUT2D eigenvalue weighted by atomic mass is 10.3. The Balaban J connectivity index is 2.95. The van der Waals surface area contributed by atoms with Crippen molar-refractivity contribution in [3.63, 3.8) is 0 Å². The van der Waals surface area contributed by atoms with E-state index in [4.69, 9.17) is 16.9 Å². The molecule has 4 heteroatoms. The first kappa shape index (κ1) is 12.1. The molecule has 0 unspecified atom stereocenters. The van der Waals surface area contributed by atoms with E-state index in [-0.39, 0.29) is 0 Å². The Kier molecular flexibility index (Phi) is 4.64. The van der Waals surface area contributed by atoms with E-state index in [0.717, 1.165) is 30.8 Å². The zero-order chi connectivity index (χ0) is 11.3. The predicted octanol–water partition coefficient (Wildman–Crippen LogP) is 2.97. The standard InChI is InChI=1S/C11H16ClN3/c1-3-6-9-11(12)15(8-5-7-13)10(4-2)14-9/h3-6,8H2,1-2H3. The molecule has 0 atom stereocenters. The number of aryl methyl sites for hydroxylation is 2. The molecular formula is C11H16ClN3. The summed E-state index contributed by atoms with van der Waals surface area (Å²) >= 11 is 6.21. The summed E-state index contributed by atoms with van der Waals surface area (Å²) < 4.78 is 1.95. The molecule has 1 aromatic rings. The molecule has 0 N–H and O–H groups in total. The van der Waals surface area contributed by atoms with Gasteiger partial charge in [-0.15, -0.1) is 0 Å². The van der Waals surface area contributed by atoms with E-state index >= 15 is 0 Å². The van der Waals surface area contributed by atoms with Crippen LogP contribution >= 0.6 is 11.6 Å². The third-order valence-electron chi connectivity index (χ3n) is 2.30. The molecule has 0 bridgehead atoms. The normalized spacial score (nSPS) is 10.3. The van der Waals surface area contributed by atoms with Crippen molar-refractivity contribution in [1.82, 2.24) is 9.55 Å². The van der Waals surface area contributed by atoms with Gasteiger partial charge in [-0.05, 0) is 6.42 Å². The van der Waals surface area contributed by atoms with Crippen LogP contribution in [0.3, 0.4) is 0 Å². The highest BCUT2D eigenvalue weighted by atomic mass is 35.5. The van der Waals surface area contributed by atoms with Crippen LogP contribution in [0.1, 0.15) is 38.2 Å². The van der Waals surface area contributed by atoms with Gasteiger partial charge in [0.2, 0.25) is 0 Å². The second-order valence-electron chi connectivity index (χ2n) is 3.43. The van der Waals surface area contributed by atoms with Crippen LogP contribution in [0.5, 0.6) is 0 Å². The summed E-state index contributed by atoms with van der Waals surface area (Å²) in [6, 6.07) is 2.13. The van der Waals surface area contributed by atoms with Gasteiger partial charge in [-0.25, -0.2) is 4.98 Å². The van der Waals surface area contributed by atoms with Crippen LogP contribution in [0.25, 0.3) is 0 Å². The van der Waals surface area contributed by atoms with E-state index in [0.29, 0.717) is 18.1 Å². The Morgan fingerprint density at radius 1 is 1.47 bits per heavy atom. The smallest absolute Gasteiger partial charge is 0.132 e. The van der Waals surface area contributed by atoms with Crippen molar-refractivity contribution in [1.29, 1.82) is 5.26 Å². The van der Waals surface area contributed by atoms with Crippen LogP contribution in [-0.2, 0) is 19.4 Å². The van der Waals surface area contributed by atoms with Crippen LogP contribution in [0, 0.1) is 11.3 Å². The fourth-order valence-electron chi connectivity index (χ4n) is 1.59. The van der Waals surface area contributed by atoms with Crippen LogP contribution in [0.4, 0.5) is 0 Å². The number of hydrogen-bond acceptors (Lipinski definition) is 2. The minimum absolute atomic E-state index is 0.481. The van der Waals surface area contributed by atoms with E-state index in [1.807, 2.05) is 4.57 Å². The molecule has 0 aromatic carbocycles. The van der Waals surface area contributed by atoms with Crippen LogP contribution < -0.4 is 0 Å². The Bertz CT molecular complexity index is 363. The minimum Gasteiger partial charge on any atom is -0.318 e. The molecule has 3 nitrogen and oxygen atoms in total. The third-order valence-corrected chi connectivity index (χ3v) is 2.72. The zero-order valence-corrected chi connectivity index (χ0v) is 10.0. The maximum Gasteiger partial charge on any atom is 0.132 e. The molecule has 1 aromatic heterocycles. The number of nitriles is 1. The first-order chi connectivity index (χ1) is 7.24. The minimum atomic E-state index is 0.481. The highest BCUT2D eigenvalue weighted by molar-refractivity contribution is 6.30. The number of nitrogens with zero attached hydrogens (tertiary/aromatic N) is 3. The second kappa shape index (κ2) is 5.77. The maximum absolute atomic E-state index is 8.57. The highest BCUT2D eigenvalue weighted by Gasteiger charge is 2.12. The van der Waals surface area contributed by atoms with Gasteiger partial charge in [0.1, 0.15) is 11.0 Å². The van der Waals surface area contributed by atoms with Crippen molar-refractivity contribution in [2.75, 3.05) is 0 Å². The second-order valence-corrected chi connectivity index (χ2v) is 3.79. The number of imidazole rings is 1. The first-order valence-corrected chi connectivity index (χ1v) is 5.73. The van der Waals surface area contributed by atoms with Crippen LogP contribution in [0.15, 0.2) is 0 Å². The van der Waals surface area contributed by atoms with Gasteiger partial charge in [0.25, 0.3) is 0 Å². The molecule has 15 heavy (non-hydrogen) atoms. The average molecular weight is 226 g/mol. The van der Waals surface area contributed by atoms with Crippen molar-refractivity contribution >= 4 is 11.6 Å². The van der Waals surface area contributed by atoms with Gasteiger partial charge in [-0.3, -0.25) is 0 Å². The van der Waals surface area contributed by atoms with Crippen LogP contribution in [-0.4, -0.2) is 9.55 Å². The van der Waals surface area contributed by atoms with Gasteiger partial charge in [0, 0.05) is 13.0 Å². The number of hydrogen-bond donors (Lipinski definition) is 0. The van der Waals surface area contributed by atoms with Crippen molar-refractivity contribution in [3.8, 4) is 6.07 Å². The summed E-state index contributed by atoms with van der Waals surface area (Å²) in [5, 5.41) is 9.28. The molecule has 0 spiro atoms. The molecule has 82 valence electrons. The van der Waals surface area contributed by atoms with E-state index in [2.05, 4.69) is 24.9 Å². The zero-order valence-electron chi connectivity index (χ0n) is 9.26. The molecule has 0 saturated heterocycles. The van der Waals surface area contributed by atoms with Crippen LogP contribution in [0.2, 0.25) is 5.15 Å². The fourth-order valence-corrected chi connectivity index (χ4v) is 1.90. The molecule has 0 radical (unpaired) electrons. The molecule has 0 aliphatic heterocycles. The quantitative estimate of drug-likeness (QED) is 0.773. The van der Waals surface area contributed by atoms with Gasteiger partial charge in [0.05, 0.1) is 18.2 Å². The Morgan fingerprint density at radius 2 is 2.20 bits per heavy atom. The largest absolute Gasteiger partial charge is 0.318 e. The molecule has 0 saturated carbocycles. The van der Waals surface area contributed by atoms with E-state index in [1.165, 1.54) is 0 Å². The summed E-state index contributed by atoms with van der Waals surface area (Å²) in [6.45, 7) is 4.81. The third kappa shape index (κ3) is 2.73. The summed E-state index contributed by atoms with van der Waals surface area (Å²) in [4.78, 5) is 4.49. The van der Waals surface area contributed by atoms with Gasteiger partial charge in [-0.1, -0.05) is 31.9 Å². The topological polar surface area (TPSA) is 41.6 Å². The lowest BCUT2D eigenvalue weighted by Gasteiger charge is -2.04. The van der Waals surface area contributed by atoms with Gasteiger partial charge < -0.3 is 4.57 Å². The number of rotatable bonds is 5. The average Bonchev–Trinajstić information content (AvgIpc) is 2.54. The Labute approximate surface area is 95.7 Å². The number of aromatic nitrogens is 2. The molecule has 0 aliphatic carbocycles. The molecule has 0 aliphatic rings. The molecular weight excluding hydrogens is 210 g/mol. The Hall–Kier alpha value is -1.01. The molecule has 1 heterocycles. The van der Waals surface area contributed by atoms with E-state index < -0.39 is 0 Å². The summed E-state index contributed by atoms with van der Waals surface area (Å²) in [5.74, 6) is 0.985.